The molecule has 1 saturated carbocycles. The van der Waals surface area contributed by atoms with Crippen LogP contribution in [0.2, 0.25) is 0 Å². The van der Waals surface area contributed by atoms with Crippen LogP contribution in [0, 0.1) is 17.6 Å². The molecule has 11 nitrogen and oxygen atoms in total. The normalized spacial score (nSPS) is 15.5. The maximum Gasteiger partial charge on any atom is 0.274 e. The number of piperazine rings is 1. The minimum absolute atomic E-state index is 0.0365. The summed E-state index contributed by atoms with van der Waals surface area (Å²) in [7, 11) is 1.68. The second kappa shape index (κ2) is 10.1. The lowest BCUT2D eigenvalue weighted by Crippen LogP contribution is -2.51. The minimum atomic E-state index is -0.719. The molecule has 1 N–H and O–H groups in total. The van der Waals surface area contributed by atoms with Crippen molar-refractivity contribution in [3.8, 4) is 11.3 Å². The van der Waals surface area contributed by atoms with Crippen molar-refractivity contribution in [2.75, 3.05) is 31.5 Å². The standard InChI is InChI=1S/C27H26F2N8O3/c1-34-13-18(12-30-34)25-19(28)4-5-21(31-25)26(39)32-23-10-17-14-37(33-22(17)11-20(23)29)15-24(38)35-6-8-36(9-7-35)27(40)16-2-3-16/h4-5,10-14,16H,2-3,6-9,15H2,1H3,(H,32,39). The number of pyridine rings is 1. The fourth-order valence-corrected chi connectivity index (χ4v) is 4.78. The maximum absolute atomic E-state index is 14.9. The number of fused-ring (bicyclic) bond motifs is 1. The van der Waals surface area contributed by atoms with Crippen LogP contribution in [0.15, 0.2) is 42.9 Å². The molecule has 1 saturated heterocycles. The van der Waals surface area contributed by atoms with Crippen LogP contribution in [-0.4, -0.2) is 78.2 Å². The van der Waals surface area contributed by atoms with E-state index in [2.05, 4.69) is 20.5 Å². The summed E-state index contributed by atoms with van der Waals surface area (Å²) in [6.07, 6.45) is 6.50. The molecule has 40 heavy (non-hydrogen) atoms. The Morgan fingerprint density at radius 2 is 1.75 bits per heavy atom. The Bertz CT molecular complexity index is 1640. The first-order chi connectivity index (χ1) is 19.2. The molecule has 206 valence electrons. The van der Waals surface area contributed by atoms with Gasteiger partial charge in [-0.3, -0.25) is 23.7 Å². The van der Waals surface area contributed by atoms with Crippen molar-refractivity contribution >= 4 is 34.3 Å². The summed E-state index contributed by atoms with van der Waals surface area (Å²) in [5, 5.41) is 11.3. The summed E-state index contributed by atoms with van der Waals surface area (Å²) >= 11 is 0. The van der Waals surface area contributed by atoms with E-state index in [4.69, 9.17) is 0 Å². The number of nitrogens with zero attached hydrogens (tertiary/aromatic N) is 7. The van der Waals surface area contributed by atoms with E-state index >= 15 is 0 Å². The lowest BCUT2D eigenvalue weighted by Gasteiger charge is -2.34. The Morgan fingerprint density at radius 3 is 2.45 bits per heavy atom. The molecule has 0 spiro atoms. The molecule has 1 aliphatic carbocycles. The second-order valence-electron chi connectivity index (χ2n) is 10.1. The second-order valence-corrected chi connectivity index (χ2v) is 10.1. The summed E-state index contributed by atoms with van der Waals surface area (Å²) in [6.45, 7) is 1.92. The molecule has 4 aromatic rings. The highest BCUT2D eigenvalue weighted by molar-refractivity contribution is 6.04. The Hall–Kier alpha value is -4.68. The van der Waals surface area contributed by atoms with Crippen molar-refractivity contribution in [2.24, 2.45) is 13.0 Å². The smallest absolute Gasteiger partial charge is 0.274 e. The zero-order valence-electron chi connectivity index (χ0n) is 21.7. The Balaban J connectivity index is 1.13. The number of halogens is 2. The molecular formula is C27H26F2N8O3. The number of amides is 3. The van der Waals surface area contributed by atoms with Crippen LogP contribution in [0.1, 0.15) is 23.3 Å². The third kappa shape index (κ3) is 5.14. The van der Waals surface area contributed by atoms with Crippen LogP contribution in [0.25, 0.3) is 22.2 Å². The van der Waals surface area contributed by atoms with Crippen LogP contribution in [0.5, 0.6) is 0 Å². The highest BCUT2D eigenvalue weighted by Crippen LogP contribution is 2.31. The predicted octanol–water partition coefficient (Wildman–Crippen LogP) is 2.44. The van der Waals surface area contributed by atoms with Gasteiger partial charge in [0.1, 0.15) is 29.6 Å². The highest BCUT2D eigenvalue weighted by Gasteiger charge is 2.35. The van der Waals surface area contributed by atoms with Crippen LogP contribution in [0.3, 0.4) is 0 Å². The van der Waals surface area contributed by atoms with E-state index in [-0.39, 0.29) is 41.4 Å². The number of carbonyl (C=O) groups excluding carboxylic acids is 3. The molecule has 4 heterocycles. The third-order valence-corrected chi connectivity index (χ3v) is 7.11. The number of rotatable bonds is 6. The number of benzene rings is 1. The summed E-state index contributed by atoms with van der Waals surface area (Å²) in [6, 6.07) is 4.93. The summed E-state index contributed by atoms with van der Waals surface area (Å²) in [4.78, 5) is 45.6. The van der Waals surface area contributed by atoms with Gasteiger partial charge in [-0.15, -0.1) is 0 Å². The number of nitrogens with one attached hydrogen (secondary N) is 1. The molecule has 1 aromatic carbocycles. The number of anilines is 1. The van der Waals surface area contributed by atoms with Crippen molar-refractivity contribution in [1.82, 2.24) is 34.3 Å². The monoisotopic (exact) mass is 548 g/mol. The van der Waals surface area contributed by atoms with E-state index in [0.717, 1.165) is 18.9 Å². The van der Waals surface area contributed by atoms with Gasteiger partial charge in [-0.1, -0.05) is 0 Å². The van der Waals surface area contributed by atoms with Crippen molar-refractivity contribution in [3.63, 3.8) is 0 Å². The molecule has 2 fully saturated rings. The van der Waals surface area contributed by atoms with Gasteiger partial charge in [-0.25, -0.2) is 13.8 Å². The van der Waals surface area contributed by atoms with Crippen LogP contribution >= 0.6 is 0 Å². The van der Waals surface area contributed by atoms with Gasteiger partial charge in [0, 0.05) is 68.6 Å². The molecular weight excluding hydrogens is 522 g/mol. The molecule has 6 rings (SSSR count). The minimum Gasteiger partial charge on any atom is -0.339 e. The lowest BCUT2D eigenvalue weighted by molar-refractivity contribution is -0.140. The topological polar surface area (TPSA) is 118 Å². The lowest BCUT2D eigenvalue weighted by atomic mass is 10.2. The van der Waals surface area contributed by atoms with Gasteiger partial charge in [0.2, 0.25) is 11.8 Å². The molecule has 13 heteroatoms. The zero-order valence-corrected chi connectivity index (χ0v) is 21.7. The van der Waals surface area contributed by atoms with Gasteiger partial charge in [0.25, 0.3) is 5.91 Å². The molecule has 0 atom stereocenters. The quantitative estimate of drug-likeness (QED) is 0.396. The molecule has 3 amide bonds. The van der Waals surface area contributed by atoms with Gasteiger partial charge in [-0.2, -0.15) is 10.2 Å². The molecule has 2 aliphatic rings. The van der Waals surface area contributed by atoms with Gasteiger partial charge in [0.15, 0.2) is 0 Å². The fraction of sp³-hybridized carbons (Fsp3) is 0.333. The number of aromatic nitrogens is 5. The average molecular weight is 549 g/mol. The van der Waals surface area contributed by atoms with Crippen molar-refractivity contribution in [2.45, 2.75) is 19.4 Å². The van der Waals surface area contributed by atoms with Gasteiger partial charge in [0.05, 0.1) is 17.4 Å². The van der Waals surface area contributed by atoms with Crippen LogP contribution in [-0.2, 0) is 23.2 Å². The predicted molar refractivity (Wildman–Crippen MR) is 140 cm³/mol. The van der Waals surface area contributed by atoms with E-state index in [0.29, 0.717) is 42.6 Å². The first-order valence-corrected chi connectivity index (χ1v) is 13.0. The van der Waals surface area contributed by atoms with E-state index in [1.54, 1.807) is 24.3 Å². The largest absolute Gasteiger partial charge is 0.339 e. The number of aryl methyl sites for hydroxylation is 1. The highest BCUT2D eigenvalue weighted by atomic mass is 19.1. The van der Waals surface area contributed by atoms with E-state index < -0.39 is 17.5 Å². The molecule has 0 radical (unpaired) electrons. The first kappa shape index (κ1) is 25.6. The van der Waals surface area contributed by atoms with E-state index in [1.807, 2.05) is 4.90 Å². The zero-order chi connectivity index (χ0) is 28.0. The van der Waals surface area contributed by atoms with E-state index in [1.165, 1.54) is 33.8 Å². The van der Waals surface area contributed by atoms with Crippen molar-refractivity contribution < 1.29 is 23.2 Å². The summed E-state index contributed by atoms with van der Waals surface area (Å²) in [5.41, 5.74) is 0.479. The van der Waals surface area contributed by atoms with Crippen LogP contribution in [0.4, 0.5) is 14.5 Å². The van der Waals surface area contributed by atoms with Gasteiger partial charge < -0.3 is 15.1 Å². The summed E-state index contributed by atoms with van der Waals surface area (Å²) in [5.74, 6) is -1.86. The molecule has 0 unspecified atom stereocenters. The van der Waals surface area contributed by atoms with Crippen LogP contribution < -0.4 is 5.32 Å². The number of hydrogen-bond donors (Lipinski definition) is 1. The van der Waals surface area contributed by atoms with Crippen molar-refractivity contribution in [1.29, 1.82) is 0 Å². The molecule has 3 aromatic heterocycles. The average Bonchev–Trinajstić information content (AvgIpc) is 3.60. The Labute approximate surface area is 227 Å². The number of hydrogen-bond acceptors (Lipinski definition) is 6. The SMILES string of the molecule is Cn1cc(-c2nc(C(=O)Nc3cc4cn(CC(=O)N5CCN(C(=O)C6CC6)CC5)nc4cc3F)ccc2F)cn1. The Kier molecular flexibility index (Phi) is 6.48. The molecule has 1 aliphatic heterocycles. The van der Waals surface area contributed by atoms with E-state index in [9.17, 15) is 23.2 Å². The fourth-order valence-electron chi connectivity index (χ4n) is 4.78. The Morgan fingerprint density at radius 1 is 1.00 bits per heavy atom. The third-order valence-electron chi connectivity index (χ3n) is 7.11. The summed E-state index contributed by atoms with van der Waals surface area (Å²) < 4.78 is 32.1. The van der Waals surface area contributed by atoms with Crippen molar-refractivity contribution in [3.05, 3.63) is 60.2 Å². The first-order valence-electron chi connectivity index (χ1n) is 13.0. The number of carbonyl (C=O) groups is 3. The van der Waals surface area contributed by atoms with Gasteiger partial charge in [-0.05, 0) is 31.0 Å². The van der Waals surface area contributed by atoms with Gasteiger partial charge >= 0.3 is 0 Å². The maximum atomic E-state index is 14.9. The molecule has 0 bridgehead atoms.